The number of benzene rings is 1. The fraction of sp³-hybridized carbons (Fsp3) is 0.500. The van der Waals surface area contributed by atoms with Crippen LogP contribution < -0.4 is 0 Å². The zero-order valence-electron chi connectivity index (χ0n) is 11.1. The van der Waals surface area contributed by atoms with E-state index in [1.807, 2.05) is 38.2 Å². The summed E-state index contributed by atoms with van der Waals surface area (Å²) in [6, 6.07) is 7.89. The highest BCUT2D eigenvalue weighted by Gasteiger charge is 2.15. The number of hydrogen-bond donors (Lipinski definition) is 0. The summed E-state index contributed by atoms with van der Waals surface area (Å²) in [5, 5.41) is 0.732. The van der Waals surface area contributed by atoms with E-state index < -0.39 is 0 Å². The molecular formula is C14H20ClNO2. The number of halogens is 1. The highest BCUT2D eigenvalue weighted by molar-refractivity contribution is 6.30. The minimum absolute atomic E-state index is 0.110. The SMILES string of the molecule is COCCC(=O)N(C)[C@@H](C)Cc1ccc(Cl)cc1. The smallest absolute Gasteiger partial charge is 0.224 e. The Labute approximate surface area is 114 Å². The van der Waals surface area contributed by atoms with Gasteiger partial charge in [-0.3, -0.25) is 4.79 Å². The van der Waals surface area contributed by atoms with Gasteiger partial charge >= 0.3 is 0 Å². The molecule has 0 unspecified atom stereocenters. The molecule has 0 saturated heterocycles. The Morgan fingerprint density at radius 3 is 2.56 bits per heavy atom. The minimum Gasteiger partial charge on any atom is -0.384 e. The van der Waals surface area contributed by atoms with Gasteiger partial charge in [-0.1, -0.05) is 23.7 Å². The summed E-state index contributed by atoms with van der Waals surface area (Å²) in [6.07, 6.45) is 1.25. The number of amides is 1. The van der Waals surface area contributed by atoms with Gasteiger partial charge in [0.25, 0.3) is 0 Å². The topological polar surface area (TPSA) is 29.5 Å². The molecule has 0 aliphatic carbocycles. The second-order valence-electron chi connectivity index (χ2n) is 4.43. The fourth-order valence-electron chi connectivity index (χ4n) is 1.71. The molecule has 0 bridgehead atoms. The Hall–Kier alpha value is -1.06. The molecule has 18 heavy (non-hydrogen) atoms. The molecule has 0 radical (unpaired) electrons. The van der Waals surface area contributed by atoms with E-state index in [1.54, 1.807) is 12.0 Å². The third-order valence-electron chi connectivity index (χ3n) is 3.02. The van der Waals surface area contributed by atoms with Crippen LogP contribution in [0.4, 0.5) is 0 Å². The Morgan fingerprint density at radius 2 is 2.00 bits per heavy atom. The standard InChI is InChI=1S/C14H20ClNO2/c1-11(16(2)14(17)8-9-18-3)10-12-4-6-13(15)7-5-12/h4-7,11H,8-10H2,1-3H3/t11-/m0/s1. The van der Waals surface area contributed by atoms with Gasteiger partial charge in [-0.25, -0.2) is 0 Å². The van der Waals surface area contributed by atoms with E-state index in [4.69, 9.17) is 16.3 Å². The molecule has 1 amide bonds. The average Bonchev–Trinajstić information content (AvgIpc) is 2.37. The highest BCUT2D eigenvalue weighted by Crippen LogP contribution is 2.13. The maximum atomic E-state index is 11.8. The van der Waals surface area contributed by atoms with E-state index in [2.05, 4.69) is 0 Å². The van der Waals surface area contributed by atoms with Crippen LogP contribution in [0.3, 0.4) is 0 Å². The number of rotatable bonds is 6. The van der Waals surface area contributed by atoms with Crippen molar-refractivity contribution in [2.24, 2.45) is 0 Å². The summed E-state index contributed by atoms with van der Waals surface area (Å²) in [4.78, 5) is 13.6. The van der Waals surface area contributed by atoms with Gasteiger partial charge in [0.2, 0.25) is 5.91 Å². The predicted octanol–water partition coefficient (Wildman–Crippen LogP) is 2.77. The van der Waals surface area contributed by atoms with Crippen LogP contribution in [-0.4, -0.2) is 37.6 Å². The third-order valence-corrected chi connectivity index (χ3v) is 3.27. The number of ether oxygens (including phenoxy) is 1. The van der Waals surface area contributed by atoms with Crippen molar-refractivity contribution < 1.29 is 9.53 Å². The van der Waals surface area contributed by atoms with E-state index >= 15 is 0 Å². The average molecular weight is 270 g/mol. The van der Waals surface area contributed by atoms with Crippen LogP contribution in [0.2, 0.25) is 5.02 Å². The molecule has 0 fully saturated rings. The molecule has 0 heterocycles. The molecule has 0 aliphatic heterocycles. The monoisotopic (exact) mass is 269 g/mol. The maximum Gasteiger partial charge on any atom is 0.224 e. The zero-order valence-corrected chi connectivity index (χ0v) is 11.9. The van der Waals surface area contributed by atoms with Crippen LogP contribution in [0.5, 0.6) is 0 Å². The quantitative estimate of drug-likeness (QED) is 0.795. The minimum atomic E-state index is 0.110. The van der Waals surface area contributed by atoms with Crippen LogP contribution in [0.1, 0.15) is 18.9 Å². The lowest BCUT2D eigenvalue weighted by molar-refractivity contribution is -0.132. The molecule has 1 rings (SSSR count). The molecule has 0 N–H and O–H groups in total. The van der Waals surface area contributed by atoms with Crippen molar-refractivity contribution in [3.63, 3.8) is 0 Å². The number of carbonyl (C=O) groups is 1. The van der Waals surface area contributed by atoms with E-state index in [0.717, 1.165) is 11.4 Å². The van der Waals surface area contributed by atoms with Crippen molar-refractivity contribution in [2.45, 2.75) is 25.8 Å². The van der Waals surface area contributed by atoms with Gasteiger partial charge in [-0.15, -0.1) is 0 Å². The van der Waals surface area contributed by atoms with Gasteiger partial charge in [0.15, 0.2) is 0 Å². The lowest BCUT2D eigenvalue weighted by Gasteiger charge is -2.25. The molecular weight excluding hydrogens is 250 g/mol. The summed E-state index contributed by atoms with van der Waals surface area (Å²) in [7, 11) is 3.43. The van der Waals surface area contributed by atoms with Crippen molar-refractivity contribution in [2.75, 3.05) is 20.8 Å². The molecule has 0 saturated carbocycles. The zero-order chi connectivity index (χ0) is 13.5. The van der Waals surface area contributed by atoms with E-state index in [0.29, 0.717) is 13.0 Å². The van der Waals surface area contributed by atoms with E-state index in [9.17, 15) is 4.79 Å². The predicted molar refractivity (Wildman–Crippen MR) is 73.9 cm³/mol. The maximum absolute atomic E-state index is 11.8. The molecule has 0 aliphatic rings. The van der Waals surface area contributed by atoms with Crippen molar-refractivity contribution in [1.82, 2.24) is 4.90 Å². The van der Waals surface area contributed by atoms with Gasteiger partial charge in [0, 0.05) is 25.2 Å². The first-order valence-electron chi connectivity index (χ1n) is 6.03. The third kappa shape index (κ3) is 4.67. The van der Waals surface area contributed by atoms with E-state index in [-0.39, 0.29) is 11.9 Å². The lowest BCUT2D eigenvalue weighted by Crippen LogP contribution is -2.36. The summed E-state index contributed by atoms with van der Waals surface area (Å²) in [5.74, 6) is 0.110. The number of hydrogen-bond acceptors (Lipinski definition) is 2. The van der Waals surface area contributed by atoms with Crippen LogP contribution in [-0.2, 0) is 16.0 Å². The van der Waals surface area contributed by atoms with Gasteiger partial charge < -0.3 is 9.64 Å². The second-order valence-corrected chi connectivity index (χ2v) is 4.86. The van der Waals surface area contributed by atoms with Crippen molar-refractivity contribution >= 4 is 17.5 Å². The summed E-state index contributed by atoms with van der Waals surface area (Å²) in [5.41, 5.74) is 1.18. The second kappa shape index (κ2) is 7.39. The summed E-state index contributed by atoms with van der Waals surface area (Å²) >= 11 is 5.84. The van der Waals surface area contributed by atoms with E-state index in [1.165, 1.54) is 5.56 Å². The Morgan fingerprint density at radius 1 is 1.39 bits per heavy atom. The summed E-state index contributed by atoms with van der Waals surface area (Å²) in [6.45, 7) is 2.51. The van der Waals surface area contributed by atoms with Crippen LogP contribution in [0.25, 0.3) is 0 Å². The van der Waals surface area contributed by atoms with Gasteiger partial charge in [-0.2, -0.15) is 0 Å². The summed E-state index contributed by atoms with van der Waals surface area (Å²) < 4.78 is 4.91. The first-order valence-corrected chi connectivity index (χ1v) is 6.41. The fourth-order valence-corrected chi connectivity index (χ4v) is 1.84. The Kier molecular flexibility index (Phi) is 6.16. The number of carbonyl (C=O) groups excluding carboxylic acids is 1. The van der Waals surface area contributed by atoms with Crippen LogP contribution in [0, 0.1) is 0 Å². The number of nitrogens with zero attached hydrogens (tertiary/aromatic N) is 1. The van der Waals surface area contributed by atoms with Crippen molar-refractivity contribution in [3.05, 3.63) is 34.9 Å². The molecule has 1 atom stereocenters. The number of methoxy groups -OCH3 is 1. The van der Waals surface area contributed by atoms with Gasteiger partial charge in [0.1, 0.15) is 0 Å². The molecule has 3 nitrogen and oxygen atoms in total. The van der Waals surface area contributed by atoms with Crippen LogP contribution in [0.15, 0.2) is 24.3 Å². The highest BCUT2D eigenvalue weighted by atomic mass is 35.5. The molecule has 0 aromatic heterocycles. The molecule has 1 aromatic carbocycles. The Balaban J connectivity index is 2.51. The molecule has 100 valence electrons. The largest absolute Gasteiger partial charge is 0.384 e. The lowest BCUT2D eigenvalue weighted by atomic mass is 10.1. The van der Waals surface area contributed by atoms with Gasteiger partial charge in [-0.05, 0) is 31.0 Å². The van der Waals surface area contributed by atoms with Crippen molar-refractivity contribution in [1.29, 1.82) is 0 Å². The van der Waals surface area contributed by atoms with Gasteiger partial charge in [0.05, 0.1) is 13.0 Å². The first-order chi connectivity index (χ1) is 8.54. The molecule has 0 spiro atoms. The molecule has 4 heteroatoms. The van der Waals surface area contributed by atoms with Crippen LogP contribution >= 0.6 is 11.6 Å². The Bertz CT molecular complexity index is 378. The first kappa shape index (κ1) is 15.0. The van der Waals surface area contributed by atoms with Crippen molar-refractivity contribution in [3.8, 4) is 0 Å². The number of likely N-dealkylation sites (N-methyl/N-ethyl adjacent to an activating group) is 1. The molecule has 1 aromatic rings. The normalized spacial score (nSPS) is 12.2.